The van der Waals surface area contributed by atoms with Crippen LogP contribution in [0.5, 0.6) is 0 Å². The van der Waals surface area contributed by atoms with E-state index in [4.69, 9.17) is 0 Å². The smallest absolute Gasteiger partial charge is 0.258 e. The second-order valence-corrected chi connectivity index (χ2v) is 3.46. The van der Waals surface area contributed by atoms with Gasteiger partial charge >= 0.3 is 0 Å². The van der Waals surface area contributed by atoms with E-state index < -0.39 is 0 Å². The number of pyridine rings is 1. The molecule has 86 valence electrons. The Morgan fingerprint density at radius 2 is 1.88 bits per heavy atom. The first-order chi connectivity index (χ1) is 8.31. The molecule has 2 N–H and O–H groups in total. The lowest BCUT2D eigenvalue weighted by molar-refractivity contribution is 0.102. The zero-order chi connectivity index (χ0) is 12.1. The number of carbonyl (C=O) groups excluding carboxylic acids is 1. The Balaban J connectivity index is 2.20. The molecule has 0 atom stereocenters. The number of amides is 1. The minimum absolute atomic E-state index is 0.173. The van der Waals surface area contributed by atoms with Gasteiger partial charge < -0.3 is 10.6 Å². The third-order valence-corrected chi connectivity index (χ3v) is 2.35. The van der Waals surface area contributed by atoms with Gasteiger partial charge in [-0.05, 0) is 24.3 Å². The van der Waals surface area contributed by atoms with Crippen LogP contribution in [-0.4, -0.2) is 17.9 Å². The highest BCUT2D eigenvalue weighted by molar-refractivity contribution is 6.07. The average Bonchev–Trinajstić information content (AvgIpc) is 2.40. The molecular weight excluding hydrogens is 214 g/mol. The van der Waals surface area contributed by atoms with Crippen molar-refractivity contribution in [2.75, 3.05) is 17.7 Å². The predicted molar refractivity (Wildman–Crippen MR) is 68.2 cm³/mol. The number of hydrogen-bond donors (Lipinski definition) is 2. The van der Waals surface area contributed by atoms with Crippen LogP contribution in [0, 0.1) is 0 Å². The van der Waals surface area contributed by atoms with E-state index in [0.29, 0.717) is 11.4 Å². The summed E-state index contributed by atoms with van der Waals surface area (Å²) in [5.41, 5.74) is 1.39. The molecule has 0 saturated heterocycles. The summed E-state index contributed by atoms with van der Waals surface area (Å²) in [4.78, 5) is 16.1. The fraction of sp³-hybridized carbons (Fsp3) is 0.0769. The molecule has 0 aliphatic heterocycles. The third-order valence-electron chi connectivity index (χ3n) is 2.35. The monoisotopic (exact) mass is 227 g/mol. The van der Waals surface area contributed by atoms with Crippen LogP contribution in [0.15, 0.2) is 48.7 Å². The minimum Gasteiger partial charge on any atom is -0.387 e. The number of nitrogens with one attached hydrogen (secondary N) is 2. The second-order valence-electron chi connectivity index (χ2n) is 3.46. The standard InChI is InChI=1S/C13H13N3O/c1-14-11-7-3-2-6-10(11)13(17)16-12-8-4-5-9-15-12/h2-9,14H,1H3,(H,15,16,17). The van der Waals surface area contributed by atoms with Gasteiger partial charge in [0.25, 0.3) is 5.91 Å². The van der Waals surface area contributed by atoms with Gasteiger partial charge in [-0.3, -0.25) is 4.79 Å². The molecule has 0 bridgehead atoms. The maximum atomic E-state index is 12.0. The van der Waals surface area contributed by atoms with Crippen LogP contribution < -0.4 is 10.6 Å². The van der Waals surface area contributed by atoms with Gasteiger partial charge in [0.1, 0.15) is 5.82 Å². The highest BCUT2D eigenvalue weighted by Gasteiger charge is 2.10. The number of aromatic nitrogens is 1. The predicted octanol–water partition coefficient (Wildman–Crippen LogP) is 2.38. The van der Waals surface area contributed by atoms with Crippen molar-refractivity contribution >= 4 is 17.4 Å². The van der Waals surface area contributed by atoms with E-state index in [-0.39, 0.29) is 5.91 Å². The van der Waals surface area contributed by atoms with Crippen LogP contribution in [0.3, 0.4) is 0 Å². The van der Waals surface area contributed by atoms with E-state index in [9.17, 15) is 4.79 Å². The molecule has 0 radical (unpaired) electrons. The van der Waals surface area contributed by atoms with Crippen molar-refractivity contribution in [1.82, 2.24) is 4.98 Å². The van der Waals surface area contributed by atoms with Crippen molar-refractivity contribution in [3.8, 4) is 0 Å². The highest BCUT2D eigenvalue weighted by atomic mass is 16.1. The van der Waals surface area contributed by atoms with Gasteiger partial charge in [-0.2, -0.15) is 0 Å². The molecule has 0 unspecified atom stereocenters. The van der Waals surface area contributed by atoms with Gasteiger partial charge in [-0.1, -0.05) is 18.2 Å². The first-order valence-electron chi connectivity index (χ1n) is 5.30. The first-order valence-corrected chi connectivity index (χ1v) is 5.30. The molecule has 1 aromatic heterocycles. The van der Waals surface area contributed by atoms with E-state index in [1.54, 1.807) is 31.4 Å². The fourth-order valence-corrected chi connectivity index (χ4v) is 1.52. The van der Waals surface area contributed by atoms with Gasteiger partial charge in [0.05, 0.1) is 5.56 Å². The van der Waals surface area contributed by atoms with Crippen molar-refractivity contribution < 1.29 is 4.79 Å². The number of carbonyl (C=O) groups is 1. The minimum atomic E-state index is -0.173. The van der Waals surface area contributed by atoms with E-state index in [1.807, 2.05) is 24.3 Å². The molecule has 0 saturated carbocycles. The Morgan fingerprint density at radius 3 is 2.59 bits per heavy atom. The lowest BCUT2D eigenvalue weighted by Crippen LogP contribution is -2.14. The summed E-state index contributed by atoms with van der Waals surface area (Å²) in [6, 6.07) is 12.7. The van der Waals surface area contributed by atoms with Gasteiger partial charge in [0.15, 0.2) is 0 Å². The molecule has 4 heteroatoms. The molecule has 1 heterocycles. The average molecular weight is 227 g/mol. The molecule has 1 aromatic carbocycles. The highest BCUT2D eigenvalue weighted by Crippen LogP contribution is 2.15. The maximum Gasteiger partial charge on any atom is 0.258 e. The van der Waals surface area contributed by atoms with Crippen LogP contribution in [0.4, 0.5) is 11.5 Å². The number of rotatable bonds is 3. The van der Waals surface area contributed by atoms with Crippen LogP contribution in [0.1, 0.15) is 10.4 Å². The van der Waals surface area contributed by atoms with Crippen molar-refractivity contribution in [2.45, 2.75) is 0 Å². The SMILES string of the molecule is CNc1ccccc1C(=O)Nc1ccccn1. The zero-order valence-electron chi connectivity index (χ0n) is 9.47. The van der Waals surface area contributed by atoms with Gasteiger partial charge in [0, 0.05) is 18.9 Å². The van der Waals surface area contributed by atoms with Crippen LogP contribution in [0.25, 0.3) is 0 Å². The third kappa shape index (κ3) is 2.60. The molecule has 2 aromatic rings. The number of benzene rings is 1. The molecule has 0 spiro atoms. The fourth-order valence-electron chi connectivity index (χ4n) is 1.52. The number of anilines is 2. The van der Waals surface area contributed by atoms with Crippen molar-refractivity contribution in [1.29, 1.82) is 0 Å². The van der Waals surface area contributed by atoms with Crippen molar-refractivity contribution in [2.24, 2.45) is 0 Å². The Labute approximate surface area is 99.7 Å². The van der Waals surface area contributed by atoms with E-state index in [1.165, 1.54) is 0 Å². The van der Waals surface area contributed by atoms with Crippen molar-refractivity contribution in [3.63, 3.8) is 0 Å². The van der Waals surface area contributed by atoms with Crippen LogP contribution >= 0.6 is 0 Å². The molecule has 0 aliphatic carbocycles. The second kappa shape index (κ2) is 5.12. The lowest BCUT2D eigenvalue weighted by atomic mass is 10.1. The van der Waals surface area contributed by atoms with Gasteiger partial charge in [-0.25, -0.2) is 4.98 Å². The number of para-hydroxylation sites is 1. The van der Waals surface area contributed by atoms with Crippen LogP contribution in [-0.2, 0) is 0 Å². The van der Waals surface area contributed by atoms with Crippen LogP contribution in [0.2, 0.25) is 0 Å². The summed E-state index contributed by atoms with van der Waals surface area (Å²) in [5, 5.41) is 5.72. The Bertz CT molecular complexity index is 511. The summed E-state index contributed by atoms with van der Waals surface area (Å²) in [6.45, 7) is 0. The molecule has 0 aliphatic rings. The topological polar surface area (TPSA) is 54.0 Å². The quantitative estimate of drug-likeness (QED) is 0.846. The van der Waals surface area contributed by atoms with E-state index >= 15 is 0 Å². The summed E-state index contributed by atoms with van der Waals surface area (Å²) >= 11 is 0. The lowest BCUT2D eigenvalue weighted by Gasteiger charge is -2.08. The summed E-state index contributed by atoms with van der Waals surface area (Å²) in [6.07, 6.45) is 1.64. The number of hydrogen-bond acceptors (Lipinski definition) is 3. The molecular formula is C13H13N3O. The summed E-state index contributed by atoms with van der Waals surface area (Å²) in [7, 11) is 1.78. The van der Waals surface area contributed by atoms with Crippen molar-refractivity contribution in [3.05, 3.63) is 54.2 Å². The number of nitrogens with zero attached hydrogens (tertiary/aromatic N) is 1. The molecule has 17 heavy (non-hydrogen) atoms. The molecule has 2 rings (SSSR count). The van der Waals surface area contributed by atoms with Gasteiger partial charge in [-0.15, -0.1) is 0 Å². The van der Waals surface area contributed by atoms with Gasteiger partial charge in [0.2, 0.25) is 0 Å². The Morgan fingerprint density at radius 1 is 1.12 bits per heavy atom. The van der Waals surface area contributed by atoms with E-state index in [2.05, 4.69) is 15.6 Å². The van der Waals surface area contributed by atoms with E-state index in [0.717, 1.165) is 5.69 Å². The molecule has 4 nitrogen and oxygen atoms in total. The normalized spacial score (nSPS) is 9.71. The molecule has 0 fully saturated rings. The summed E-state index contributed by atoms with van der Waals surface area (Å²) in [5.74, 6) is 0.372. The summed E-state index contributed by atoms with van der Waals surface area (Å²) < 4.78 is 0. The Kier molecular flexibility index (Phi) is 3.35. The maximum absolute atomic E-state index is 12.0. The zero-order valence-corrected chi connectivity index (χ0v) is 9.47. The first kappa shape index (κ1) is 11.1. The Hall–Kier alpha value is -2.36. The largest absolute Gasteiger partial charge is 0.387 e. The molecule has 1 amide bonds.